The van der Waals surface area contributed by atoms with E-state index in [9.17, 15) is 4.79 Å². The fourth-order valence-electron chi connectivity index (χ4n) is 2.54. The first kappa shape index (κ1) is 12.5. The maximum absolute atomic E-state index is 10.6. The molecule has 0 spiro atoms. The Morgan fingerprint density at radius 2 is 2.20 bits per heavy atom. The average Bonchev–Trinajstić information content (AvgIpc) is 2.11. The van der Waals surface area contributed by atoms with Crippen molar-refractivity contribution in [3.05, 3.63) is 0 Å². The van der Waals surface area contributed by atoms with Gasteiger partial charge in [0.25, 0.3) is 0 Å². The Balaban J connectivity index is 2.36. The number of nitrogens with two attached hydrogens (primary N) is 1. The highest BCUT2D eigenvalue weighted by atomic mass is 16.4. The van der Waals surface area contributed by atoms with E-state index in [4.69, 9.17) is 10.8 Å². The molecule has 3 nitrogen and oxygen atoms in total. The predicted octanol–water partition coefficient (Wildman–Crippen LogP) is 2.25. The molecule has 2 unspecified atom stereocenters. The number of aliphatic carboxylic acids is 1. The molecule has 0 aliphatic heterocycles. The summed E-state index contributed by atoms with van der Waals surface area (Å²) in [6.45, 7) is 2.72. The van der Waals surface area contributed by atoms with Gasteiger partial charge in [-0.25, -0.2) is 0 Å². The quantitative estimate of drug-likeness (QED) is 0.681. The molecule has 3 N–H and O–H groups in total. The molecule has 0 amide bonds. The summed E-state index contributed by atoms with van der Waals surface area (Å²) >= 11 is 0. The number of hydrogen-bond donors (Lipinski definition) is 2. The number of rotatable bonds is 7. The van der Waals surface area contributed by atoms with E-state index in [2.05, 4.69) is 6.92 Å². The fourth-order valence-corrected chi connectivity index (χ4v) is 2.54. The number of carboxylic acid groups (broad SMARTS) is 1. The molecule has 1 rings (SSSR count). The van der Waals surface area contributed by atoms with E-state index in [0.717, 1.165) is 12.3 Å². The van der Waals surface area contributed by atoms with Crippen molar-refractivity contribution in [2.45, 2.75) is 45.4 Å². The number of hydrogen-bond acceptors (Lipinski definition) is 2. The van der Waals surface area contributed by atoms with Crippen LogP contribution in [0.4, 0.5) is 0 Å². The summed E-state index contributed by atoms with van der Waals surface area (Å²) in [6.07, 6.45) is 6.43. The van der Waals surface area contributed by atoms with E-state index in [-0.39, 0.29) is 12.3 Å². The van der Waals surface area contributed by atoms with Gasteiger partial charge in [-0.05, 0) is 30.7 Å². The van der Waals surface area contributed by atoms with Crippen LogP contribution in [0.2, 0.25) is 0 Å². The van der Waals surface area contributed by atoms with Gasteiger partial charge in [-0.15, -0.1) is 0 Å². The molecule has 1 fully saturated rings. The molecular formula is C12H23NO2. The molecule has 88 valence electrons. The maximum atomic E-state index is 10.6. The summed E-state index contributed by atoms with van der Waals surface area (Å²) in [5.41, 5.74) is 5.62. The largest absolute Gasteiger partial charge is 0.481 e. The highest BCUT2D eigenvalue weighted by Gasteiger charge is 2.28. The molecule has 2 atom stereocenters. The Kier molecular flexibility index (Phi) is 5.09. The van der Waals surface area contributed by atoms with Crippen molar-refractivity contribution in [1.29, 1.82) is 0 Å². The molecule has 1 saturated carbocycles. The van der Waals surface area contributed by atoms with Crippen molar-refractivity contribution in [2.24, 2.45) is 23.5 Å². The lowest BCUT2D eigenvalue weighted by Crippen LogP contribution is -2.27. The Morgan fingerprint density at radius 1 is 1.53 bits per heavy atom. The van der Waals surface area contributed by atoms with Gasteiger partial charge >= 0.3 is 5.97 Å². The summed E-state index contributed by atoms with van der Waals surface area (Å²) in [5.74, 6) is 1.01. The van der Waals surface area contributed by atoms with Crippen LogP contribution in [0.1, 0.15) is 45.4 Å². The molecule has 1 aliphatic carbocycles. The average molecular weight is 213 g/mol. The van der Waals surface area contributed by atoms with Gasteiger partial charge in [0.1, 0.15) is 0 Å². The molecule has 15 heavy (non-hydrogen) atoms. The normalized spacial score (nSPS) is 20.7. The second-order valence-corrected chi connectivity index (χ2v) is 4.79. The Bertz CT molecular complexity index is 202. The Labute approximate surface area is 92.0 Å². The van der Waals surface area contributed by atoms with E-state index in [1.807, 2.05) is 0 Å². The minimum absolute atomic E-state index is 0.174. The van der Waals surface area contributed by atoms with E-state index >= 15 is 0 Å². The van der Waals surface area contributed by atoms with Crippen LogP contribution in [0, 0.1) is 17.8 Å². The Hall–Kier alpha value is -0.570. The highest BCUT2D eigenvalue weighted by Crippen LogP contribution is 2.38. The van der Waals surface area contributed by atoms with Crippen LogP contribution in [-0.2, 0) is 4.79 Å². The van der Waals surface area contributed by atoms with E-state index in [0.29, 0.717) is 12.5 Å². The molecule has 0 bridgehead atoms. The fraction of sp³-hybridized carbons (Fsp3) is 0.917. The van der Waals surface area contributed by atoms with E-state index < -0.39 is 5.97 Å². The van der Waals surface area contributed by atoms with Gasteiger partial charge in [0.15, 0.2) is 0 Å². The van der Waals surface area contributed by atoms with Crippen LogP contribution in [-0.4, -0.2) is 17.6 Å². The summed E-state index contributed by atoms with van der Waals surface area (Å²) in [4.78, 5) is 10.6. The van der Waals surface area contributed by atoms with Gasteiger partial charge in [0.2, 0.25) is 0 Å². The second-order valence-electron chi connectivity index (χ2n) is 4.79. The van der Waals surface area contributed by atoms with Crippen LogP contribution < -0.4 is 5.73 Å². The standard InChI is InChI=1S/C12H23NO2/c1-2-10(11-4-3-5-11)6-9(8-13)7-12(14)15/h9-11H,2-8,13H2,1H3,(H,14,15). The summed E-state index contributed by atoms with van der Waals surface area (Å²) in [7, 11) is 0. The zero-order chi connectivity index (χ0) is 11.3. The van der Waals surface area contributed by atoms with Crippen molar-refractivity contribution in [3.63, 3.8) is 0 Å². The smallest absolute Gasteiger partial charge is 0.303 e. The maximum Gasteiger partial charge on any atom is 0.303 e. The topological polar surface area (TPSA) is 63.3 Å². The molecule has 0 saturated heterocycles. The van der Waals surface area contributed by atoms with Crippen LogP contribution in [0.25, 0.3) is 0 Å². The van der Waals surface area contributed by atoms with Crippen molar-refractivity contribution in [2.75, 3.05) is 6.54 Å². The van der Waals surface area contributed by atoms with Crippen LogP contribution in [0.5, 0.6) is 0 Å². The molecule has 3 heteroatoms. The third-order valence-corrected chi connectivity index (χ3v) is 3.77. The minimum atomic E-state index is -0.714. The molecule has 1 aliphatic rings. The lowest BCUT2D eigenvalue weighted by molar-refractivity contribution is -0.138. The number of carboxylic acids is 1. The van der Waals surface area contributed by atoms with Crippen molar-refractivity contribution in [3.8, 4) is 0 Å². The van der Waals surface area contributed by atoms with Crippen molar-refractivity contribution < 1.29 is 9.90 Å². The minimum Gasteiger partial charge on any atom is -0.481 e. The van der Waals surface area contributed by atoms with Gasteiger partial charge in [-0.1, -0.05) is 32.6 Å². The second kappa shape index (κ2) is 6.11. The zero-order valence-electron chi connectivity index (χ0n) is 9.61. The first-order chi connectivity index (χ1) is 7.17. The summed E-state index contributed by atoms with van der Waals surface area (Å²) < 4.78 is 0. The molecular weight excluding hydrogens is 190 g/mol. The third kappa shape index (κ3) is 3.82. The molecule has 0 radical (unpaired) electrons. The molecule has 0 heterocycles. The molecule has 0 aromatic carbocycles. The monoisotopic (exact) mass is 213 g/mol. The lowest BCUT2D eigenvalue weighted by atomic mass is 9.71. The summed E-state index contributed by atoms with van der Waals surface area (Å²) in [5, 5.41) is 8.75. The van der Waals surface area contributed by atoms with Crippen molar-refractivity contribution in [1.82, 2.24) is 0 Å². The first-order valence-electron chi connectivity index (χ1n) is 6.09. The van der Waals surface area contributed by atoms with E-state index in [1.54, 1.807) is 0 Å². The SMILES string of the molecule is CCC(CC(CN)CC(=O)O)C1CCC1. The van der Waals surface area contributed by atoms with Gasteiger partial charge in [0.05, 0.1) is 0 Å². The van der Waals surface area contributed by atoms with Gasteiger partial charge < -0.3 is 10.8 Å². The van der Waals surface area contributed by atoms with Gasteiger partial charge in [-0.3, -0.25) is 4.79 Å². The Morgan fingerprint density at radius 3 is 2.53 bits per heavy atom. The lowest BCUT2D eigenvalue weighted by Gasteiger charge is -2.35. The van der Waals surface area contributed by atoms with Gasteiger partial charge in [-0.2, -0.15) is 0 Å². The number of carbonyl (C=O) groups is 1. The third-order valence-electron chi connectivity index (χ3n) is 3.77. The van der Waals surface area contributed by atoms with E-state index in [1.165, 1.54) is 25.7 Å². The zero-order valence-corrected chi connectivity index (χ0v) is 9.61. The highest BCUT2D eigenvalue weighted by molar-refractivity contribution is 5.67. The van der Waals surface area contributed by atoms with Crippen LogP contribution in [0.3, 0.4) is 0 Å². The van der Waals surface area contributed by atoms with Gasteiger partial charge in [0, 0.05) is 6.42 Å². The van der Waals surface area contributed by atoms with Crippen LogP contribution in [0.15, 0.2) is 0 Å². The molecule has 0 aromatic heterocycles. The summed E-state index contributed by atoms with van der Waals surface area (Å²) in [6, 6.07) is 0. The van der Waals surface area contributed by atoms with Crippen molar-refractivity contribution >= 4 is 5.97 Å². The first-order valence-corrected chi connectivity index (χ1v) is 6.09. The predicted molar refractivity (Wildman–Crippen MR) is 60.5 cm³/mol. The molecule has 0 aromatic rings. The van der Waals surface area contributed by atoms with Crippen LogP contribution >= 0.6 is 0 Å².